The number of nitrogens with zero attached hydrogens (tertiary/aromatic N) is 1. The van der Waals surface area contributed by atoms with E-state index in [1.165, 1.54) is 17.3 Å². The zero-order valence-corrected chi connectivity index (χ0v) is 16.3. The van der Waals surface area contributed by atoms with Crippen molar-refractivity contribution in [1.82, 2.24) is 0 Å². The summed E-state index contributed by atoms with van der Waals surface area (Å²) in [7, 11) is 0. The Morgan fingerprint density at radius 3 is 2.69 bits per heavy atom. The van der Waals surface area contributed by atoms with Gasteiger partial charge in [0.2, 0.25) is 5.12 Å². The van der Waals surface area contributed by atoms with Crippen LogP contribution in [0.2, 0.25) is 0 Å². The molecule has 1 aliphatic heterocycles. The lowest BCUT2D eigenvalue weighted by Gasteiger charge is -2.08. The predicted octanol–water partition coefficient (Wildman–Crippen LogP) is 5.77. The van der Waals surface area contributed by atoms with E-state index >= 15 is 0 Å². The van der Waals surface area contributed by atoms with E-state index < -0.39 is 0 Å². The van der Waals surface area contributed by atoms with Gasteiger partial charge in [-0.2, -0.15) is 0 Å². The Labute approximate surface area is 162 Å². The minimum atomic E-state index is -0.0103. The molecule has 0 amide bonds. The third-order valence-electron chi connectivity index (χ3n) is 3.77. The number of thioether (sulfide) groups is 2. The maximum absolute atomic E-state index is 12.3. The summed E-state index contributed by atoms with van der Waals surface area (Å²) in [5.41, 5.74) is 2.60. The minimum absolute atomic E-state index is 0.0103. The summed E-state index contributed by atoms with van der Waals surface area (Å²) in [6.45, 7) is 2.82. The summed E-state index contributed by atoms with van der Waals surface area (Å²) in [6, 6.07) is 18.0. The van der Waals surface area contributed by atoms with Crippen LogP contribution in [0.1, 0.15) is 30.9 Å². The molecule has 0 saturated heterocycles. The van der Waals surface area contributed by atoms with Crippen molar-refractivity contribution in [2.45, 2.75) is 25.5 Å². The average Bonchev–Trinajstić information content (AvgIpc) is 3.02. The van der Waals surface area contributed by atoms with Crippen LogP contribution in [0.15, 0.2) is 65.3 Å². The van der Waals surface area contributed by atoms with Gasteiger partial charge in [-0.15, -0.1) is 0 Å². The van der Waals surface area contributed by atoms with Crippen molar-refractivity contribution in [3.05, 3.63) is 71.4 Å². The molecule has 3 rings (SSSR count). The Balaban J connectivity index is 1.70. The minimum Gasteiger partial charge on any atom is -0.493 e. The van der Waals surface area contributed by atoms with Gasteiger partial charge in [0.15, 0.2) is 0 Å². The molecule has 2 aromatic carbocycles. The highest BCUT2D eigenvalue weighted by molar-refractivity contribution is 8.45. The predicted molar refractivity (Wildman–Crippen MR) is 113 cm³/mol. The molecule has 0 atom stereocenters. The van der Waals surface area contributed by atoms with Gasteiger partial charge in [0.1, 0.15) is 15.8 Å². The number of benzene rings is 2. The maximum Gasteiger partial charge on any atom is 0.244 e. The third kappa shape index (κ3) is 5.26. The molecule has 3 nitrogen and oxygen atoms in total. The molecule has 26 heavy (non-hydrogen) atoms. The van der Waals surface area contributed by atoms with E-state index in [0.29, 0.717) is 12.3 Å². The number of hydrogen-bond acceptors (Lipinski definition) is 5. The molecule has 134 valence electrons. The Morgan fingerprint density at radius 1 is 1.12 bits per heavy atom. The van der Waals surface area contributed by atoms with Crippen molar-refractivity contribution in [1.29, 1.82) is 0 Å². The van der Waals surface area contributed by atoms with Gasteiger partial charge < -0.3 is 4.74 Å². The zero-order valence-electron chi connectivity index (χ0n) is 14.7. The fourth-order valence-electron chi connectivity index (χ4n) is 2.38. The van der Waals surface area contributed by atoms with Crippen LogP contribution in [0, 0.1) is 0 Å². The Bertz CT molecular complexity index is 816. The van der Waals surface area contributed by atoms with E-state index in [0.717, 1.165) is 34.3 Å². The van der Waals surface area contributed by atoms with Crippen molar-refractivity contribution < 1.29 is 9.53 Å². The fourth-order valence-corrected chi connectivity index (χ4v) is 4.17. The van der Waals surface area contributed by atoms with Crippen molar-refractivity contribution >= 4 is 39.1 Å². The number of carbonyl (C=O) groups excluding carboxylic acids is 1. The zero-order chi connectivity index (χ0) is 18.2. The lowest BCUT2D eigenvalue weighted by atomic mass is 10.1. The number of para-hydroxylation sites is 1. The van der Waals surface area contributed by atoms with Gasteiger partial charge in [-0.3, -0.25) is 4.79 Å². The van der Waals surface area contributed by atoms with E-state index in [9.17, 15) is 4.79 Å². The fraction of sp³-hybridized carbons (Fsp3) is 0.238. The van der Waals surface area contributed by atoms with Crippen LogP contribution in [0.5, 0.6) is 5.75 Å². The molecule has 0 bridgehead atoms. The molecule has 0 spiro atoms. The monoisotopic (exact) mass is 383 g/mol. The van der Waals surface area contributed by atoms with Crippen LogP contribution < -0.4 is 4.74 Å². The number of carbonyl (C=O) groups is 1. The smallest absolute Gasteiger partial charge is 0.244 e. The van der Waals surface area contributed by atoms with Crippen LogP contribution in [0.4, 0.5) is 0 Å². The van der Waals surface area contributed by atoms with Crippen molar-refractivity contribution in [2.75, 3.05) is 6.61 Å². The first kappa shape index (κ1) is 18.8. The van der Waals surface area contributed by atoms with Crippen molar-refractivity contribution in [3.63, 3.8) is 0 Å². The van der Waals surface area contributed by atoms with Crippen LogP contribution in [0.3, 0.4) is 0 Å². The van der Waals surface area contributed by atoms with E-state index in [1.807, 2.05) is 48.5 Å². The van der Waals surface area contributed by atoms with E-state index in [2.05, 4.69) is 24.0 Å². The standard InChI is InChI=1S/C21H21NO2S2/c1-2-3-13-24-19-12-8-7-11-17(19)14-18-20(23)26-21(22-18)25-15-16-9-5-4-6-10-16/h4-12,14H,2-3,13,15H2,1H3/b18-14-. The van der Waals surface area contributed by atoms with Gasteiger partial charge in [-0.1, -0.05) is 73.6 Å². The first-order chi connectivity index (χ1) is 12.8. The van der Waals surface area contributed by atoms with E-state index in [-0.39, 0.29) is 5.12 Å². The molecule has 0 fully saturated rings. The molecule has 1 aliphatic rings. The summed E-state index contributed by atoms with van der Waals surface area (Å²) in [6.07, 6.45) is 3.93. The first-order valence-corrected chi connectivity index (χ1v) is 10.5. The molecule has 0 unspecified atom stereocenters. The van der Waals surface area contributed by atoms with Gasteiger partial charge in [0.05, 0.1) is 6.61 Å². The normalized spacial score (nSPS) is 15.3. The van der Waals surface area contributed by atoms with E-state index in [4.69, 9.17) is 4.74 Å². The molecule has 0 radical (unpaired) electrons. The van der Waals surface area contributed by atoms with Gasteiger partial charge in [0.25, 0.3) is 0 Å². The highest BCUT2D eigenvalue weighted by atomic mass is 32.2. The summed E-state index contributed by atoms with van der Waals surface area (Å²) < 4.78 is 6.64. The Morgan fingerprint density at radius 2 is 1.88 bits per heavy atom. The number of hydrogen-bond donors (Lipinski definition) is 0. The quantitative estimate of drug-likeness (QED) is 0.449. The van der Waals surface area contributed by atoms with Crippen LogP contribution >= 0.6 is 23.5 Å². The SMILES string of the molecule is CCCCOc1ccccc1/C=C1\N=C(SCc2ccccc2)SC1=O. The second-order valence-electron chi connectivity index (χ2n) is 5.81. The Kier molecular flexibility index (Phi) is 6.97. The summed E-state index contributed by atoms with van der Waals surface area (Å²) >= 11 is 2.80. The van der Waals surface area contributed by atoms with Crippen LogP contribution in [0.25, 0.3) is 6.08 Å². The van der Waals surface area contributed by atoms with Gasteiger partial charge in [-0.25, -0.2) is 4.99 Å². The summed E-state index contributed by atoms with van der Waals surface area (Å²) in [5, 5.41) is -0.0103. The molecular weight excluding hydrogens is 362 g/mol. The third-order valence-corrected chi connectivity index (χ3v) is 5.85. The van der Waals surface area contributed by atoms with Gasteiger partial charge in [-0.05, 0) is 35.9 Å². The van der Waals surface area contributed by atoms with E-state index in [1.54, 1.807) is 11.8 Å². The summed E-state index contributed by atoms with van der Waals surface area (Å²) in [4.78, 5) is 16.8. The van der Waals surface area contributed by atoms with Crippen molar-refractivity contribution in [2.24, 2.45) is 4.99 Å². The molecule has 5 heteroatoms. The van der Waals surface area contributed by atoms with Crippen LogP contribution in [-0.4, -0.2) is 16.1 Å². The molecule has 0 aliphatic carbocycles. The number of rotatable bonds is 7. The summed E-state index contributed by atoms with van der Waals surface area (Å²) in [5.74, 6) is 1.61. The van der Waals surface area contributed by atoms with Gasteiger partial charge in [0, 0.05) is 11.3 Å². The van der Waals surface area contributed by atoms with Gasteiger partial charge >= 0.3 is 0 Å². The molecule has 1 heterocycles. The molecule has 0 aromatic heterocycles. The second kappa shape index (κ2) is 9.64. The largest absolute Gasteiger partial charge is 0.493 e. The molecular formula is C21H21NO2S2. The number of ether oxygens (including phenoxy) is 1. The first-order valence-electron chi connectivity index (χ1n) is 8.67. The van der Waals surface area contributed by atoms with Crippen LogP contribution in [-0.2, 0) is 10.5 Å². The maximum atomic E-state index is 12.3. The second-order valence-corrected chi connectivity index (χ2v) is 8.00. The Hall–Kier alpha value is -1.98. The number of unbranched alkanes of at least 4 members (excludes halogenated alkanes) is 1. The van der Waals surface area contributed by atoms with Crippen molar-refractivity contribution in [3.8, 4) is 5.75 Å². The topological polar surface area (TPSA) is 38.7 Å². The average molecular weight is 384 g/mol. The highest BCUT2D eigenvalue weighted by Gasteiger charge is 2.22. The lowest BCUT2D eigenvalue weighted by Crippen LogP contribution is -1.98. The number of aliphatic imine (C=N–C) groups is 1. The molecule has 2 aromatic rings. The highest BCUT2D eigenvalue weighted by Crippen LogP contribution is 2.33. The molecule has 0 saturated carbocycles. The molecule has 0 N–H and O–H groups in total. The lowest BCUT2D eigenvalue weighted by molar-refractivity contribution is -0.107.